The van der Waals surface area contributed by atoms with Crippen molar-refractivity contribution < 1.29 is 19.1 Å². The van der Waals surface area contributed by atoms with E-state index in [1.807, 2.05) is 18.2 Å². The SMILES string of the molecule is COc1cccc(N2CC[NH+](Cc3cc(Cl)c4c(c3)OCCCO4)CC2)c1. The van der Waals surface area contributed by atoms with Gasteiger partial charge in [0.05, 0.1) is 51.5 Å². The summed E-state index contributed by atoms with van der Waals surface area (Å²) in [6.45, 7) is 6.51. The van der Waals surface area contributed by atoms with Gasteiger partial charge in [0.2, 0.25) is 0 Å². The Hall–Kier alpha value is -2.11. The molecule has 0 bridgehead atoms. The minimum Gasteiger partial charge on any atom is -0.497 e. The van der Waals surface area contributed by atoms with Crippen LogP contribution in [0.5, 0.6) is 17.2 Å². The predicted octanol–water partition coefficient (Wildman–Crippen LogP) is 2.42. The van der Waals surface area contributed by atoms with Gasteiger partial charge >= 0.3 is 0 Å². The Kier molecular flexibility index (Phi) is 5.60. The summed E-state index contributed by atoms with van der Waals surface area (Å²) < 4.78 is 16.9. The van der Waals surface area contributed by atoms with E-state index in [0.717, 1.165) is 50.6 Å². The molecule has 2 aromatic carbocycles. The lowest BCUT2D eigenvalue weighted by molar-refractivity contribution is -0.914. The fourth-order valence-electron chi connectivity index (χ4n) is 3.74. The molecule has 2 aliphatic rings. The number of nitrogens with zero attached hydrogens (tertiary/aromatic N) is 1. The van der Waals surface area contributed by atoms with Crippen molar-refractivity contribution in [2.75, 3.05) is 51.4 Å². The van der Waals surface area contributed by atoms with Crippen LogP contribution in [0.15, 0.2) is 36.4 Å². The number of hydrogen-bond donors (Lipinski definition) is 1. The zero-order valence-corrected chi connectivity index (χ0v) is 16.4. The summed E-state index contributed by atoms with van der Waals surface area (Å²) in [6.07, 6.45) is 0.887. The third-order valence-corrected chi connectivity index (χ3v) is 5.49. The van der Waals surface area contributed by atoms with Crippen LogP contribution in [-0.2, 0) is 6.54 Å². The van der Waals surface area contributed by atoms with Gasteiger partial charge in [0.15, 0.2) is 11.5 Å². The van der Waals surface area contributed by atoms with Crippen LogP contribution in [0.1, 0.15) is 12.0 Å². The molecule has 0 atom stereocenters. The van der Waals surface area contributed by atoms with Crippen molar-refractivity contribution in [1.82, 2.24) is 0 Å². The van der Waals surface area contributed by atoms with E-state index < -0.39 is 0 Å². The molecule has 0 aliphatic carbocycles. The van der Waals surface area contributed by atoms with Crippen LogP contribution in [0.3, 0.4) is 0 Å². The number of nitrogens with one attached hydrogen (secondary N) is 1. The Balaban J connectivity index is 1.39. The predicted molar refractivity (Wildman–Crippen MR) is 107 cm³/mol. The minimum absolute atomic E-state index is 0.652. The summed E-state index contributed by atoms with van der Waals surface area (Å²) in [7, 11) is 1.71. The maximum absolute atomic E-state index is 6.43. The van der Waals surface area contributed by atoms with E-state index in [1.54, 1.807) is 12.0 Å². The van der Waals surface area contributed by atoms with Crippen molar-refractivity contribution in [3.8, 4) is 17.2 Å². The minimum atomic E-state index is 0.652. The fraction of sp³-hybridized carbons (Fsp3) is 0.429. The van der Waals surface area contributed by atoms with Gasteiger partial charge in [-0.05, 0) is 24.3 Å². The molecule has 5 nitrogen and oxygen atoms in total. The second-order valence-corrected chi connectivity index (χ2v) is 7.48. The van der Waals surface area contributed by atoms with Crippen molar-refractivity contribution in [2.24, 2.45) is 0 Å². The van der Waals surface area contributed by atoms with Gasteiger partial charge in [-0.1, -0.05) is 17.7 Å². The highest BCUT2D eigenvalue weighted by Crippen LogP contribution is 2.37. The summed E-state index contributed by atoms with van der Waals surface area (Å²) in [5.74, 6) is 2.38. The molecule has 144 valence electrons. The number of benzene rings is 2. The van der Waals surface area contributed by atoms with Gasteiger partial charge in [0, 0.05) is 23.7 Å². The van der Waals surface area contributed by atoms with Crippen LogP contribution in [0.25, 0.3) is 0 Å². The molecule has 27 heavy (non-hydrogen) atoms. The largest absolute Gasteiger partial charge is 0.497 e. The van der Waals surface area contributed by atoms with E-state index in [0.29, 0.717) is 24.0 Å². The molecule has 1 fully saturated rings. The van der Waals surface area contributed by atoms with Gasteiger partial charge in [0.25, 0.3) is 0 Å². The molecule has 0 saturated carbocycles. The average Bonchev–Trinajstić information content (AvgIpc) is 2.94. The van der Waals surface area contributed by atoms with Crippen molar-refractivity contribution in [3.63, 3.8) is 0 Å². The van der Waals surface area contributed by atoms with E-state index in [4.69, 9.17) is 25.8 Å². The maximum Gasteiger partial charge on any atom is 0.179 e. The number of methoxy groups -OCH3 is 1. The number of rotatable bonds is 4. The monoisotopic (exact) mass is 389 g/mol. The second kappa shape index (κ2) is 8.28. The Bertz CT molecular complexity index is 791. The number of ether oxygens (including phenoxy) is 3. The molecule has 0 spiro atoms. The highest BCUT2D eigenvalue weighted by atomic mass is 35.5. The molecule has 1 saturated heterocycles. The van der Waals surface area contributed by atoms with E-state index in [1.165, 1.54) is 11.3 Å². The van der Waals surface area contributed by atoms with Crippen LogP contribution in [-0.4, -0.2) is 46.5 Å². The van der Waals surface area contributed by atoms with Gasteiger partial charge in [-0.25, -0.2) is 0 Å². The smallest absolute Gasteiger partial charge is 0.179 e. The standard InChI is InChI=1S/C21H25ClN2O3/c1-25-18-5-2-4-17(14-18)24-8-6-23(7-9-24)15-16-12-19(22)21-20(13-16)26-10-3-11-27-21/h2,4-5,12-14H,3,6-11,15H2,1H3/p+1. The Morgan fingerprint density at radius 3 is 2.74 bits per heavy atom. The first-order chi connectivity index (χ1) is 13.2. The Morgan fingerprint density at radius 1 is 1.11 bits per heavy atom. The van der Waals surface area contributed by atoms with E-state index in [2.05, 4.69) is 23.1 Å². The average molecular weight is 390 g/mol. The van der Waals surface area contributed by atoms with Gasteiger partial charge in [-0.15, -0.1) is 0 Å². The number of quaternary nitrogens is 1. The van der Waals surface area contributed by atoms with E-state index in [9.17, 15) is 0 Å². The van der Waals surface area contributed by atoms with Crippen LogP contribution >= 0.6 is 11.6 Å². The highest BCUT2D eigenvalue weighted by Gasteiger charge is 2.22. The highest BCUT2D eigenvalue weighted by molar-refractivity contribution is 6.32. The van der Waals surface area contributed by atoms with Crippen molar-refractivity contribution in [3.05, 3.63) is 47.0 Å². The molecular weight excluding hydrogens is 364 g/mol. The lowest BCUT2D eigenvalue weighted by Crippen LogP contribution is -3.13. The van der Waals surface area contributed by atoms with Crippen LogP contribution in [0.2, 0.25) is 5.02 Å². The molecule has 0 radical (unpaired) electrons. The topological polar surface area (TPSA) is 35.4 Å². The molecule has 0 aromatic heterocycles. The molecule has 2 aromatic rings. The Morgan fingerprint density at radius 2 is 1.93 bits per heavy atom. The first-order valence-electron chi connectivity index (χ1n) is 9.53. The van der Waals surface area contributed by atoms with Gasteiger partial charge < -0.3 is 24.0 Å². The summed E-state index contributed by atoms with van der Waals surface area (Å²) in [5, 5.41) is 0.652. The van der Waals surface area contributed by atoms with Gasteiger partial charge in [-0.3, -0.25) is 0 Å². The zero-order chi connectivity index (χ0) is 18.6. The normalized spacial score (nSPS) is 17.5. The van der Waals surface area contributed by atoms with Crippen LogP contribution in [0, 0.1) is 0 Å². The van der Waals surface area contributed by atoms with E-state index >= 15 is 0 Å². The van der Waals surface area contributed by atoms with Gasteiger partial charge in [-0.2, -0.15) is 0 Å². The number of anilines is 1. The molecule has 6 heteroatoms. The first kappa shape index (κ1) is 18.3. The van der Waals surface area contributed by atoms with Crippen LogP contribution < -0.4 is 24.0 Å². The number of piperazine rings is 1. The van der Waals surface area contributed by atoms with E-state index in [-0.39, 0.29) is 0 Å². The van der Waals surface area contributed by atoms with Crippen molar-refractivity contribution in [2.45, 2.75) is 13.0 Å². The third kappa shape index (κ3) is 4.25. The molecule has 2 heterocycles. The Labute approximate surface area is 165 Å². The zero-order valence-electron chi connectivity index (χ0n) is 15.7. The number of hydrogen-bond acceptors (Lipinski definition) is 4. The lowest BCUT2D eigenvalue weighted by atomic mass is 10.1. The summed E-state index contributed by atoms with van der Waals surface area (Å²) in [5.41, 5.74) is 2.43. The van der Waals surface area contributed by atoms with Gasteiger partial charge in [0.1, 0.15) is 12.3 Å². The van der Waals surface area contributed by atoms with Crippen molar-refractivity contribution in [1.29, 1.82) is 0 Å². The number of halogens is 1. The molecule has 0 unspecified atom stereocenters. The first-order valence-corrected chi connectivity index (χ1v) is 9.91. The summed E-state index contributed by atoms with van der Waals surface area (Å²) >= 11 is 6.43. The third-order valence-electron chi connectivity index (χ3n) is 5.21. The molecule has 4 rings (SSSR count). The number of fused-ring (bicyclic) bond motifs is 1. The summed E-state index contributed by atoms with van der Waals surface area (Å²) in [6, 6.07) is 12.4. The fourth-order valence-corrected chi connectivity index (χ4v) is 4.03. The molecule has 0 amide bonds. The lowest BCUT2D eigenvalue weighted by Gasteiger charge is -2.34. The quantitative estimate of drug-likeness (QED) is 0.871. The molecule has 2 aliphatic heterocycles. The maximum atomic E-state index is 6.43. The second-order valence-electron chi connectivity index (χ2n) is 7.07. The van der Waals surface area contributed by atoms with Crippen molar-refractivity contribution >= 4 is 17.3 Å². The summed E-state index contributed by atoms with van der Waals surface area (Å²) in [4.78, 5) is 3.98. The molecular formula is C21H26ClN2O3+. The van der Waals surface area contributed by atoms with Crippen LogP contribution in [0.4, 0.5) is 5.69 Å². The molecule has 1 N–H and O–H groups in total.